The molecule has 0 saturated heterocycles. The van der Waals surface area contributed by atoms with Gasteiger partial charge in [0.05, 0.1) is 11.7 Å². The number of benzene rings is 2. The summed E-state index contributed by atoms with van der Waals surface area (Å²) in [6, 6.07) is 26.8. The fourth-order valence-corrected chi connectivity index (χ4v) is 8.47. The molecule has 4 aromatic rings. The highest BCUT2D eigenvalue weighted by Crippen LogP contribution is 2.46. The Labute approximate surface area is 171 Å². The minimum atomic E-state index is -2.96. The van der Waals surface area contributed by atoms with Crippen molar-refractivity contribution in [2.75, 3.05) is 7.11 Å². The van der Waals surface area contributed by atoms with Crippen LogP contribution in [0.25, 0.3) is 9.75 Å². The predicted octanol–water partition coefficient (Wildman–Crippen LogP) is 4.90. The SMILES string of the molecule is COC(=O)c1ccc(-c2ccc(P(=O)(c3ccccc3)c3ccccc3)s2)s1. The quantitative estimate of drug-likeness (QED) is 0.338. The molecule has 0 amide bonds. The van der Waals surface area contributed by atoms with Crippen LogP contribution in [-0.4, -0.2) is 13.1 Å². The van der Waals surface area contributed by atoms with E-state index >= 15 is 0 Å². The standard InChI is InChI=1S/C22H17O3PS2/c1-25-22(23)20-13-12-18(27-20)19-14-15-21(28-19)26(24,16-8-4-2-5-9-16)17-10-6-3-7-11-17/h2-15H,1H3. The summed E-state index contributed by atoms with van der Waals surface area (Å²) in [7, 11) is -1.59. The highest BCUT2D eigenvalue weighted by Gasteiger charge is 2.31. The van der Waals surface area contributed by atoms with Gasteiger partial charge in [0.2, 0.25) is 0 Å². The number of thiophene rings is 2. The Morgan fingerprint density at radius 1 is 0.750 bits per heavy atom. The zero-order valence-corrected chi connectivity index (χ0v) is 17.6. The summed E-state index contributed by atoms with van der Waals surface area (Å²) < 4.78 is 20.0. The fraction of sp³-hybridized carbons (Fsp3) is 0.0455. The first-order valence-electron chi connectivity index (χ1n) is 8.63. The van der Waals surface area contributed by atoms with Gasteiger partial charge in [0.1, 0.15) is 4.88 Å². The van der Waals surface area contributed by atoms with Crippen LogP contribution in [-0.2, 0) is 9.30 Å². The van der Waals surface area contributed by atoms with Crippen LogP contribution in [0.3, 0.4) is 0 Å². The van der Waals surface area contributed by atoms with Gasteiger partial charge >= 0.3 is 5.97 Å². The molecule has 0 saturated carbocycles. The lowest BCUT2D eigenvalue weighted by molar-refractivity contribution is 0.0606. The van der Waals surface area contributed by atoms with Crippen molar-refractivity contribution in [1.82, 2.24) is 0 Å². The van der Waals surface area contributed by atoms with E-state index in [1.54, 1.807) is 6.07 Å². The summed E-state index contributed by atoms with van der Waals surface area (Å²) in [6.45, 7) is 0. The largest absolute Gasteiger partial charge is 0.465 e. The Morgan fingerprint density at radius 3 is 1.86 bits per heavy atom. The van der Waals surface area contributed by atoms with Gasteiger partial charge in [0, 0.05) is 20.4 Å². The molecular formula is C22H17O3PS2. The van der Waals surface area contributed by atoms with Gasteiger partial charge in [-0.05, 0) is 24.3 Å². The predicted molar refractivity (Wildman–Crippen MR) is 118 cm³/mol. The van der Waals surface area contributed by atoms with Gasteiger partial charge in [-0.3, -0.25) is 0 Å². The van der Waals surface area contributed by atoms with Crippen molar-refractivity contribution in [2.45, 2.75) is 0 Å². The first kappa shape index (κ1) is 18.9. The second-order valence-corrected chi connectivity index (χ2v) is 11.3. The maximum absolute atomic E-state index is 14.4. The highest BCUT2D eigenvalue weighted by molar-refractivity contribution is 7.89. The van der Waals surface area contributed by atoms with Crippen LogP contribution in [0.4, 0.5) is 0 Å². The van der Waals surface area contributed by atoms with Crippen molar-refractivity contribution in [3.63, 3.8) is 0 Å². The summed E-state index contributed by atoms with van der Waals surface area (Å²) in [6.07, 6.45) is 0. The molecule has 0 aliphatic heterocycles. The van der Waals surface area contributed by atoms with Gasteiger partial charge in [0.15, 0.2) is 7.14 Å². The summed E-state index contributed by atoms with van der Waals surface area (Å²) in [5.74, 6) is -0.340. The molecule has 0 radical (unpaired) electrons. The third-order valence-corrected chi connectivity index (χ3v) is 10.4. The molecule has 6 heteroatoms. The molecule has 0 atom stereocenters. The van der Waals surface area contributed by atoms with Gasteiger partial charge < -0.3 is 9.30 Å². The fourth-order valence-electron chi connectivity index (χ4n) is 2.99. The van der Waals surface area contributed by atoms with E-state index in [9.17, 15) is 9.36 Å². The molecule has 0 fully saturated rings. The molecule has 2 aromatic carbocycles. The zero-order valence-electron chi connectivity index (χ0n) is 15.1. The summed E-state index contributed by atoms with van der Waals surface area (Å²) >= 11 is 2.89. The monoisotopic (exact) mass is 424 g/mol. The Hall–Kier alpha value is -2.46. The maximum atomic E-state index is 14.4. The number of methoxy groups -OCH3 is 1. The molecule has 0 aliphatic carbocycles. The molecule has 0 unspecified atom stereocenters. The molecule has 28 heavy (non-hydrogen) atoms. The van der Waals surface area contributed by atoms with Crippen LogP contribution in [0.2, 0.25) is 0 Å². The second-order valence-electron chi connectivity index (χ2n) is 6.07. The molecule has 0 bridgehead atoms. The van der Waals surface area contributed by atoms with Gasteiger partial charge in [-0.2, -0.15) is 0 Å². The molecule has 4 rings (SSSR count). The Morgan fingerprint density at radius 2 is 1.29 bits per heavy atom. The van der Waals surface area contributed by atoms with Crippen molar-refractivity contribution in [1.29, 1.82) is 0 Å². The summed E-state index contributed by atoms with van der Waals surface area (Å²) in [5.41, 5.74) is 0. The van der Waals surface area contributed by atoms with E-state index in [-0.39, 0.29) is 5.97 Å². The van der Waals surface area contributed by atoms with E-state index in [0.717, 1.165) is 25.0 Å². The average molecular weight is 424 g/mol. The lowest BCUT2D eigenvalue weighted by atomic mass is 10.4. The lowest BCUT2D eigenvalue weighted by Gasteiger charge is -2.17. The van der Waals surface area contributed by atoms with Crippen molar-refractivity contribution in [3.05, 3.63) is 89.8 Å². The maximum Gasteiger partial charge on any atom is 0.348 e. The number of esters is 1. The Balaban J connectivity index is 1.80. The van der Waals surface area contributed by atoms with Crippen molar-refractivity contribution in [3.8, 4) is 9.75 Å². The molecule has 140 valence electrons. The molecule has 0 aliphatic rings. The minimum Gasteiger partial charge on any atom is -0.465 e. The van der Waals surface area contributed by atoms with Crippen molar-refractivity contribution < 1.29 is 14.1 Å². The number of carbonyl (C=O) groups excluding carboxylic acids is 1. The normalized spacial score (nSPS) is 11.3. The van der Waals surface area contributed by atoms with Crippen LogP contribution in [0, 0.1) is 0 Å². The van der Waals surface area contributed by atoms with Gasteiger partial charge in [-0.25, -0.2) is 4.79 Å². The number of carbonyl (C=O) groups is 1. The second kappa shape index (κ2) is 7.88. The van der Waals surface area contributed by atoms with Crippen LogP contribution < -0.4 is 15.2 Å². The summed E-state index contributed by atoms with van der Waals surface area (Å²) in [4.78, 5) is 14.2. The third-order valence-electron chi connectivity index (χ3n) is 4.38. The van der Waals surface area contributed by atoms with E-state index in [0.29, 0.717) is 4.88 Å². The van der Waals surface area contributed by atoms with E-state index in [1.165, 1.54) is 29.8 Å². The molecule has 3 nitrogen and oxygen atoms in total. The van der Waals surface area contributed by atoms with Gasteiger partial charge in [0.25, 0.3) is 0 Å². The number of ether oxygens (including phenoxy) is 1. The van der Waals surface area contributed by atoms with E-state index in [4.69, 9.17) is 4.74 Å². The molecular weight excluding hydrogens is 407 g/mol. The zero-order chi connectivity index (χ0) is 19.6. The van der Waals surface area contributed by atoms with E-state index in [2.05, 4.69) is 0 Å². The molecule has 2 heterocycles. The Kier molecular flexibility index (Phi) is 5.31. The first-order chi connectivity index (χ1) is 13.6. The molecule has 2 aromatic heterocycles. The average Bonchev–Trinajstić information content (AvgIpc) is 3.44. The van der Waals surface area contributed by atoms with Crippen LogP contribution in [0.5, 0.6) is 0 Å². The number of hydrogen-bond acceptors (Lipinski definition) is 5. The Bertz CT molecular complexity index is 1100. The first-order valence-corrected chi connectivity index (χ1v) is 12.0. The third kappa shape index (κ3) is 3.37. The summed E-state index contributed by atoms with van der Waals surface area (Å²) in [5, 5.41) is 1.63. The van der Waals surface area contributed by atoms with E-state index < -0.39 is 7.14 Å². The topological polar surface area (TPSA) is 43.4 Å². The van der Waals surface area contributed by atoms with Crippen LogP contribution >= 0.6 is 29.8 Å². The van der Waals surface area contributed by atoms with Crippen LogP contribution in [0.15, 0.2) is 84.9 Å². The van der Waals surface area contributed by atoms with Gasteiger partial charge in [-0.15, -0.1) is 22.7 Å². The number of hydrogen-bond donors (Lipinski definition) is 0. The highest BCUT2D eigenvalue weighted by atomic mass is 32.1. The smallest absolute Gasteiger partial charge is 0.348 e. The molecule has 0 spiro atoms. The van der Waals surface area contributed by atoms with E-state index in [1.807, 2.05) is 78.9 Å². The van der Waals surface area contributed by atoms with Gasteiger partial charge in [-0.1, -0.05) is 60.7 Å². The van der Waals surface area contributed by atoms with Crippen molar-refractivity contribution >= 4 is 51.0 Å². The number of rotatable bonds is 5. The minimum absolute atomic E-state index is 0.340. The van der Waals surface area contributed by atoms with Crippen LogP contribution in [0.1, 0.15) is 9.67 Å². The lowest BCUT2D eigenvalue weighted by Crippen LogP contribution is -2.22. The van der Waals surface area contributed by atoms with Crippen molar-refractivity contribution in [2.24, 2.45) is 0 Å². The molecule has 0 N–H and O–H groups in total.